The summed E-state index contributed by atoms with van der Waals surface area (Å²) in [5.41, 5.74) is 7.93. The van der Waals surface area contributed by atoms with Gasteiger partial charge in [-0.1, -0.05) is 0 Å². The minimum Gasteiger partial charge on any atom is -0.481 e. The van der Waals surface area contributed by atoms with Gasteiger partial charge in [-0.15, -0.1) is 0 Å². The maximum Gasteiger partial charge on any atom is 0.212 e. The van der Waals surface area contributed by atoms with Crippen LogP contribution in [0.5, 0.6) is 5.88 Å². The van der Waals surface area contributed by atoms with Gasteiger partial charge in [-0.2, -0.15) is 0 Å². The zero-order valence-electron chi connectivity index (χ0n) is 10.6. The molecule has 2 N–H and O–H groups in total. The summed E-state index contributed by atoms with van der Waals surface area (Å²) in [5, 5.41) is 0. The molecule has 0 unspecified atom stereocenters. The van der Waals surface area contributed by atoms with E-state index in [2.05, 4.69) is 14.5 Å². The molecule has 2 aromatic heterocycles. The molecule has 0 aromatic carbocycles. The number of pyridine rings is 1. The van der Waals surface area contributed by atoms with Crippen LogP contribution in [0.2, 0.25) is 0 Å². The largest absolute Gasteiger partial charge is 0.481 e. The number of anilines is 1. The Kier molecular flexibility index (Phi) is 2.47. The zero-order valence-corrected chi connectivity index (χ0v) is 10.6. The molecule has 3 rings (SSSR count). The normalized spacial score (nSPS) is 14.8. The van der Waals surface area contributed by atoms with Crippen molar-refractivity contribution in [3.63, 3.8) is 0 Å². The number of hydrogen-bond acceptors (Lipinski definition) is 4. The number of rotatable bonds is 3. The van der Waals surface area contributed by atoms with Crippen LogP contribution in [-0.4, -0.2) is 21.6 Å². The molecule has 18 heavy (non-hydrogen) atoms. The van der Waals surface area contributed by atoms with Gasteiger partial charge < -0.3 is 15.0 Å². The van der Waals surface area contributed by atoms with Crippen molar-refractivity contribution in [1.29, 1.82) is 0 Å². The number of aryl methyl sites for hydroxylation is 1. The first-order valence-electron chi connectivity index (χ1n) is 6.05. The van der Waals surface area contributed by atoms with E-state index < -0.39 is 0 Å². The summed E-state index contributed by atoms with van der Waals surface area (Å²) in [5.74, 6) is 2.30. The molecular formula is C13H16N4O. The fourth-order valence-electron chi connectivity index (χ4n) is 2.21. The third-order valence-corrected chi connectivity index (χ3v) is 3.26. The molecule has 1 aliphatic rings. The molecule has 5 nitrogen and oxygen atoms in total. The smallest absolute Gasteiger partial charge is 0.212 e. The number of hydrogen-bond donors (Lipinski definition) is 1. The molecule has 1 saturated carbocycles. The molecule has 1 aliphatic carbocycles. The van der Waals surface area contributed by atoms with Gasteiger partial charge in [0.25, 0.3) is 0 Å². The highest BCUT2D eigenvalue weighted by Crippen LogP contribution is 2.40. The molecule has 2 heterocycles. The first-order valence-corrected chi connectivity index (χ1v) is 6.05. The first-order chi connectivity index (χ1) is 8.70. The van der Waals surface area contributed by atoms with Crippen LogP contribution in [-0.2, 0) is 0 Å². The van der Waals surface area contributed by atoms with E-state index in [0.717, 1.165) is 22.9 Å². The van der Waals surface area contributed by atoms with Crippen LogP contribution in [0.15, 0.2) is 18.3 Å². The van der Waals surface area contributed by atoms with Crippen molar-refractivity contribution in [3.05, 3.63) is 24.2 Å². The highest BCUT2D eigenvalue weighted by Gasteiger charge is 2.28. The molecular weight excluding hydrogens is 228 g/mol. The summed E-state index contributed by atoms with van der Waals surface area (Å²) >= 11 is 0. The van der Waals surface area contributed by atoms with Gasteiger partial charge in [-0.25, -0.2) is 9.97 Å². The van der Waals surface area contributed by atoms with Crippen molar-refractivity contribution in [2.75, 3.05) is 12.8 Å². The van der Waals surface area contributed by atoms with Crippen molar-refractivity contribution in [2.45, 2.75) is 25.8 Å². The fourth-order valence-corrected chi connectivity index (χ4v) is 2.21. The van der Waals surface area contributed by atoms with Crippen LogP contribution in [0.25, 0.3) is 11.3 Å². The van der Waals surface area contributed by atoms with Crippen molar-refractivity contribution < 1.29 is 4.74 Å². The van der Waals surface area contributed by atoms with Gasteiger partial charge in [0.2, 0.25) is 5.88 Å². The second kappa shape index (κ2) is 4.01. The van der Waals surface area contributed by atoms with E-state index >= 15 is 0 Å². The van der Waals surface area contributed by atoms with Crippen LogP contribution in [0.1, 0.15) is 24.7 Å². The van der Waals surface area contributed by atoms with Gasteiger partial charge in [0.1, 0.15) is 17.3 Å². The number of aromatic nitrogens is 3. The highest BCUT2D eigenvalue weighted by atomic mass is 16.5. The van der Waals surface area contributed by atoms with E-state index in [9.17, 15) is 0 Å². The van der Waals surface area contributed by atoms with Crippen molar-refractivity contribution in [2.24, 2.45) is 0 Å². The molecule has 94 valence electrons. The minimum absolute atomic E-state index is 0.539. The predicted molar refractivity (Wildman–Crippen MR) is 69.4 cm³/mol. The van der Waals surface area contributed by atoms with Gasteiger partial charge in [0.15, 0.2) is 0 Å². The van der Waals surface area contributed by atoms with Crippen LogP contribution >= 0.6 is 0 Å². The second-order valence-corrected chi connectivity index (χ2v) is 4.58. The summed E-state index contributed by atoms with van der Waals surface area (Å²) in [6, 6.07) is 4.29. The number of ether oxygens (including phenoxy) is 1. The molecule has 0 aliphatic heterocycles. The second-order valence-electron chi connectivity index (χ2n) is 4.58. The summed E-state index contributed by atoms with van der Waals surface area (Å²) in [6.45, 7) is 2.00. The lowest BCUT2D eigenvalue weighted by Gasteiger charge is -2.05. The molecule has 0 atom stereocenters. The van der Waals surface area contributed by atoms with Crippen molar-refractivity contribution in [1.82, 2.24) is 14.5 Å². The van der Waals surface area contributed by atoms with E-state index in [0.29, 0.717) is 11.9 Å². The number of nitrogens with two attached hydrogens (primary N) is 1. The van der Waals surface area contributed by atoms with Crippen LogP contribution in [0.3, 0.4) is 0 Å². The minimum atomic E-state index is 0.539. The predicted octanol–water partition coefficient (Wildman–Crippen LogP) is 2.18. The Morgan fingerprint density at radius 2 is 2.17 bits per heavy atom. The molecule has 0 spiro atoms. The summed E-state index contributed by atoms with van der Waals surface area (Å²) in [4.78, 5) is 8.74. The summed E-state index contributed by atoms with van der Waals surface area (Å²) in [7, 11) is 1.60. The third-order valence-electron chi connectivity index (χ3n) is 3.26. The van der Waals surface area contributed by atoms with Crippen LogP contribution < -0.4 is 10.5 Å². The highest BCUT2D eigenvalue weighted by molar-refractivity contribution is 5.70. The molecule has 0 amide bonds. The Balaban J connectivity index is 2.02. The van der Waals surface area contributed by atoms with Crippen LogP contribution in [0.4, 0.5) is 5.82 Å². The standard InChI is InChI=1S/C13H16N4O/c1-8-16-12(13(14)17(8)10-4-5-10)9-3-6-11(18-2)15-7-9/h3,6-7,10H,4-5,14H2,1-2H3. The molecule has 2 aromatic rings. The third kappa shape index (κ3) is 1.72. The Hall–Kier alpha value is -2.04. The lowest BCUT2D eigenvalue weighted by Crippen LogP contribution is -2.02. The SMILES string of the molecule is COc1ccc(-c2nc(C)n(C3CC3)c2N)cn1. The fraction of sp³-hybridized carbons (Fsp3) is 0.385. The van der Waals surface area contributed by atoms with Gasteiger partial charge >= 0.3 is 0 Å². The monoisotopic (exact) mass is 244 g/mol. The zero-order chi connectivity index (χ0) is 12.7. The maximum absolute atomic E-state index is 6.19. The van der Waals surface area contributed by atoms with E-state index in [1.807, 2.05) is 19.1 Å². The lowest BCUT2D eigenvalue weighted by molar-refractivity contribution is 0.398. The lowest BCUT2D eigenvalue weighted by atomic mass is 10.2. The summed E-state index contributed by atoms with van der Waals surface area (Å²) < 4.78 is 7.17. The Labute approximate surface area is 106 Å². The van der Waals surface area contributed by atoms with E-state index in [1.165, 1.54) is 12.8 Å². The number of nitrogens with zero attached hydrogens (tertiary/aromatic N) is 3. The number of methoxy groups -OCH3 is 1. The Morgan fingerprint density at radius 1 is 1.39 bits per heavy atom. The molecule has 0 bridgehead atoms. The molecule has 0 radical (unpaired) electrons. The average molecular weight is 244 g/mol. The van der Waals surface area contributed by atoms with Crippen molar-refractivity contribution >= 4 is 5.82 Å². The topological polar surface area (TPSA) is 66.0 Å². The molecule has 0 saturated heterocycles. The van der Waals surface area contributed by atoms with Crippen molar-refractivity contribution in [3.8, 4) is 17.1 Å². The Morgan fingerprint density at radius 3 is 2.72 bits per heavy atom. The molecule has 5 heteroatoms. The summed E-state index contributed by atoms with van der Waals surface area (Å²) in [6.07, 6.45) is 4.14. The van der Waals surface area contributed by atoms with E-state index in [-0.39, 0.29) is 0 Å². The van der Waals surface area contributed by atoms with Gasteiger partial charge in [0.05, 0.1) is 7.11 Å². The van der Waals surface area contributed by atoms with E-state index in [1.54, 1.807) is 13.3 Å². The first kappa shape index (κ1) is 11.1. The quantitative estimate of drug-likeness (QED) is 0.898. The average Bonchev–Trinajstić information content (AvgIpc) is 3.16. The van der Waals surface area contributed by atoms with Gasteiger partial charge in [-0.3, -0.25) is 0 Å². The molecule has 1 fully saturated rings. The maximum atomic E-state index is 6.19. The van der Waals surface area contributed by atoms with Gasteiger partial charge in [-0.05, 0) is 25.8 Å². The van der Waals surface area contributed by atoms with Crippen LogP contribution in [0, 0.1) is 6.92 Å². The van der Waals surface area contributed by atoms with Gasteiger partial charge in [0, 0.05) is 23.9 Å². The Bertz CT molecular complexity index is 569. The number of nitrogen functional groups attached to an aromatic ring is 1. The number of imidazole rings is 1. The van der Waals surface area contributed by atoms with E-state index in [4.69, 9.17) is 10.5 Å².